The molecule has 0 aliphatic carbocycles. The van der Waals surface area contributed by atoms with Crippen LogP contribution in [0.15, 0.2) is 55.1 Å². The van der Waals surface area contributed by atoms with Crippen LogP contribution in [-0.4, -0.2) is 44.2 Å². The van der Waals surface area contributed by atoms with E-state index in [1.807, 2.05) is 48.5 Å². The Balaban J connectivity index is 1.60. The van der Waals surface area contributed by atoms with E-state index >= 15 is 0 Å². The standard InChI is InChI=1S/C22H24ClNO4/c1-3-4-16-5-10-19(20(13-16)26-2)28-15-22(25)24-11-12-27-21(14-24)17-6-8-18(23)9-7-17/h3,5-10,13,21H,1,4,11-12,14-15H2,2H3. The lowest BCUT2D eigenvalue weighted by atomic mass is 10.1. The van der Waals surface area contributed by atoms with Crippen molar-refractivity contribution < 1.29 is 19.0 Å². The predicted octanol–water partition coefficient (Wildman–Crippen LogP) is 4.06. The van der Waals surface area contributed by atoms with Crippen molar-refractivity contribution in [3.05, 3.63) is 71.3 Å². The van der Waals surface area contributed by atoms with Crippen LogP contribution in [0.4, 0.5) is 0 Å². The molecule has 1 atom stereocenters. The third kappa shape index (κ3) is 5.06. The number of rotatable bonds is 7. The average Bonchev–Trinajstić information content (AvgIpc) is 2.73. The van der Waals surface area contributed by atoms with Gasteiger partial charge in [-0.15, -0.1) is 6.58 Å². The van der Waals surface area contributed by atoms with E-state index < -0.39 is 0 Å². The molecule has 1 aliphatic rings. The maximum absolute atomic E-state index is 12.6. The van der Waals surface area contributed by atoms with Crippen LogP contribution >= 0.6 is 11.6 Å². The Morgan fingerprint density at radius 1 is 1.29 bits per heavy atom. The van der Waals surface area contributed by atoms with Gasteiger partial charge in [0.2, 0.25) is 0 Å². The van der Waals surface area contributed by atoms with Crippen LogP contribution in [0.5, 0.6) is 11.5 Å². The van der Waals surface area contributed by atoms with Gasteiger partial charge in [0.15, 0.2) is 18.1 Å². The van der Waals surface area contributed by atoms with E-state index in [0.717, 1.165) is 17.5 Å². The van der Waals surface area contributed by atoms with Crippen molar-refractivity contribution in [1.82, 2.24) is 4.90 Å². The quantitative estimate of drug-likeness (QED) is 0.656. The van der Waals surface area contributed by atoms with E-state index in [2.05, 4.69) is 6.58 Å². The van der Waals surface area contributed by atoms with Gasteiger partial charge in [0.25, 0.3) is 5.91 Å². The first-order valence-electron chi connectivity index (χ1n) is 9.16. The van der Waals surface area contributed by atoms with Crippen molar-refractivity contribution in [3.63, 3.8) is 0 Å². The molecule has 1 aliphatic heterocycles. The van der Waals surface area contributed by atoms with Crippen molar-refractivity contribution >= 4 is 17.5 Å². The normalized spacial score (nSPS) is 16.5. The lowest BCUT2D eigenvalue weighted by Crippen LogP contribution is -2.44. The first-order valence-corrected chi connectivity index (χ1v) is 9.54. The van der Waals surface area contributed by atoms with E-state index in [9.17, 15) is 4.79 Å². The largest absolute Gasteiger partial charge is 0.493 e. The number of hydrogen-bond acceptors (Lipinski definition) is 4. The second-order valence-corrected chi connectivity index (χ2v) is 6.95. The number of hydrogen-bond donors (Lipinski definition) is 0. The minimum atomic E-state index is -0.164. The average molecular weight is 402 g/mol. The van der Waals surface area contributed by atoms with Crippen LogP contribution < -0.4 is 9.47 Å². The van der Waals surface area contributed by atoms with Crippen molar-refractivity contribution in [3.8, 4) is 11.5 Å². The molecule has 0 N–H and O–H groups in total. The maximum atomic E-state index is 12.6. The fraction of sp³-hybridized carbons (Fsp3) is 0.318. The van der Waals surface area contributed by atoms with Crippen LogP contribution in [0, 0.1) is 0 Å². The Morgan fingerprint density at radius 3 is 2.79 bits per heavy atom. The van der Waals surface area contributed by atoms with Crippen molar-refractivity contribution in [2.24, 2.45) is 0 Å². The summed E-state index contributed by atoms with van der Waals surface area (Å²) in [5, 5.41) is 0.675. The predicted molar refractivity (Wildman–Crippen MR) is 109 cm³/mol. The molecule has 2 aromatic rings. The highest BCUT2D eigenvalue weighted by molar-refractivity contribution is 6.30. The monoisotopic (exact) mass is 401 g/mol. The Labute approximate surface area is 170 Å². The zero-order valence-electron chi connectivity index (χ0n) is 15.9. The molecule has 0 bridgehead atoms. The Kier molecular flexibility index (Phi) is 6.95. The number of morpholine rings is 1. The molecule has 1 heterocycles. The van der Waals surface area contributed by atoms with Gasteiger partial charge in [0.1, 0.15) is 6.10 Å². The van der Waals surface area contributed by atoms with Gasteiger partial charge >= 0.3 is 0 Å². The number of halogens is 1. The van der Waals surface area contributed by atoms with Crippen molar-refractivity contribution in [1.29, 1.82) is 0 Å². The van der Waals surface area contributed by atoms with Gasteiger partial charge in [0.05, 0.1) is 20.3 Å². The van der Waals surface area contributed by atoms with E-state index in [-0.39, 0.29) is 18.6 Å². The molecule has 28 heavy (non-hydrogen) atoms. The summed E-state index contributed by atoms with van der Waals surface area (Å²) in [7, 11) is 1.58. The van der Waals surface area contributed by atoms with E-state index in [0.29, 0.717) is 36.2 Å². The summed E-state index contributed by atoms with van der Waals surface area (Å²) >= 11 is 5.94. The Hall–Kier alpha value is -2.50. The topological polar surface area (TPSA) is 48.0 Å². The van der Waals surface area contributed by atoms with Gasteiger partial charge < -0.3 is 19.1 Å². The summed E-state index contributed by atoms with van der Waals surface area (Å²) in [6, 6.07) is 13.2. The van der Waals surface area contributed by atoms with Gasteiger partial charge in [-0.05, 0) is 41.8 Å². The zero-order valence-corrected chi connectivity index (χ0v) is 16.7. The molecule has 0 spiro atoms. The Morgan fingerprint density at radius 2 is 2.07 bits per heavy atom. The molecule has 148 valence electrons. The molecule has 2 aromatic carbocycles. The summed E-state index contributed by atoms with van der Waals surface area (Å²) in [5.41, 5.74) is 2.08. The first-order chi connectivity index (χ1) is 13.6. The first kappa shape index (κ1) is 20.2. The molecule has 1 amide bonds. The summed E-state index contributed by atoms with van der Waals surface area (Å²) in [4.78, 5) is 14.4. The fourth-order valence-electron chi connectivity index (χ4n) is 3.11. The minimum absolute atomic E-state index is 0.0511. The highest BCUT2D eigenvalue weighted by atomic mass is 35.5. The SMILES string of the molecule is C=CCc1ccc(OCC(=O)N2CCOC(c3ccc(Cl)cc3)C2)c(OC)c1. The number of amides is 1. The third-order valence-corrected chi connectivity index (χ3v) is 4.87. The number of benzene rings is 2. The van der Waals surface area contributed by atoms with Crippen LogP contribution in [0.2, 0.25) is 5.02 Å². The number of methoxy groups -OCH3 is 1. The lowest BCUT2D eigenvalue weighted by molar-refractivity contribution is -0.141. The number of ether oxygens (including phenoxy) is 3. The summed E-state index contributed by atoms with van der Waals surface area (Å²) in [5.74, 6) is 1.07. The maximum Gasteiger partial charge on any atom is 0.260 e. The van der Waals surface area contributed by atoms with Gasteiger partial charge in [-0.1, -0.05) is 35.9 Å². The van der Waals surface area contributed by atoms with E-state index in [4.69, 9.17) is 25.8 Å². The Bertz CT molecular complexity index is 822. The highest BCUT2D eigenvalue weighted by Crippen LogP contribution is 2.29. The molecule has 0 aromatic heterocycles. The molecule has 1 saturated heterocycles. The van der Waals surface area contributed by atoms with Crippen LogP contribution in [0.25, 0.3) is 0 Å². The summed E-state index contributed by atoms with van der Waals surface area (Å²) < 4.78 is 16.9. The van der Waals surface area contributed by atoms with E-state index in [1.54, 1.807) is 12.0 Å². The number of carbonyl (C=O) groups excluding carboxylic acids is 1. The lowest BCUT2D eigenvalue weighted by Gasteiger charge is -2.33. The number of allylic oxidation sites excluding steroid dienone is 1. The van der Waals surface area contributed by atoms with Crippen LogP contribution in [0.1, 0.15) is 17.2 Å². The van der Waals surface area contributed by atoms with Crippen molar-refractivity contribution in [2.75, 3.05) is 33.4 Å². The minimum Gasteiger partial charge on any atom is -0.493 e. The summed E-state index contributed by atoms with van der Waals surface area (Å²) in [6.45, 7) is 5.20. The molecule has 0 radical (unpaired) electrons. The highest BCUT2D eigenvalue weighted by Gasteiger charge is 2.25. The molecule has 5 nitrogen and oxygen atoms in total. The molecule has 6 heteroatoms. The second-order valence-electron chi connectivity index (χ2n) is 6.52. The zero-order chi connectivity index (χ0) is 19.9. The smallest absolute Gasteiger partial charge is 0.260 e. The van der Waals surface area contributed by atoms with Gasteiger partial charge in [-0.3, -0.25) is 4.79 Å². The number of carbonyl (C=O) groups is 1. The molecule has 0 saturated carbocycles. The fourth-order valence-corrected chi connectivity index (χ4v) is 3.24. The van der Waals surface area contributed by atoms with Crippen LogP contribution in [-0.2, 0) is 16.0 Å². The molecule has 1 unspecified atom stereocenters. The van der Waals surface area contributed by atoms with E-state index in [1.165, 1.54) is 0 Å². The molecule has 3 rings (SSSR count). The van der Waals surface area contributed by atoms with Gasteiger partial charge in [-0.25, -0.2) is 0 Å². The second kappa shape index (κ2) is 9.62. The molecular formula is C22H24ClNO4. The van der Waals surface area contributed by atoms with Crippen LogP contribution in [0.3, 0.4) is 0 Å². The van der Waals surface area contributed by atoms with Crippen molar-refractivity contribution in [2.45, 2.75) is 12.5 Å². The van der Waals surface area contributed by atoms with Gasteiger partial charge in [0, 0.05) is 11.6 Å². The van der Waals surface area contributed by atoms with Gasteiger partial charge in [-0.2, -0.15) is 0 Å². The number of nitrogens with zero attached hydrogens (tertiary/aromatic N) is 1. The molecular weight excluding hydrogens is 378 g/mol. The third-order valence-electron chi connectivity index (χ3n) is 4.62. The molecule has 1 fully saturated rings. The summed E-state index contributed by atoms with van der Waals surface area (Å²) in [6.07, 6.45) is 2.41.